The molecule has 62 valence electrons. The first-order valence-electron chi connectivity index (χ1n) is 3.93. The number of halogens is 1. The number of nitrogens with zero attached hydrogens (tertiary/aromatic N) is 2. The molecule has 3 heteroatoms. The molecule has 11 heavy (non-hydrogen) atoms. The normalized spacial score (nSPS) is 13.4. The third-order valence-corrected chi connectivity index (χ3v) is 1.73. The minimum Gasteiger partial charge on any atom is -0.267 e. The van der Waals surface area contributed by atoms with E-state index >= 15 is 0 Å². The maximum atomic E-state index is 12.4. The minimum atomic E-state index is -0.257. The van der Waals surface area contributed by atoms with E-state index in [2.05, 4.69) is 12.0 Å². The summed E-state index contributed by atoms with van der Waals surface area (Å²) in [7, 11) is 0. The van der Waals surface area contributed by atoms with Gasteiger partial charge in [0.05, 0.1) is 12.4 Å². The summed E-state index contributed by atoms with van der Waals surface area (Å²) in [5.41, 5.74) is 0. The summed E-state index contributed by atoms with van der Waals surface area (Å²) >= 11 is 0. The van der Waals surface area contributed by atoms with Gasteiger partial charge in [0.2, 0.25) is 0 Å². The number of hydrogen-bond donors (Lipinski definition) is 0. The average molecular weight is 156 g/mol. The number of hydrogen-bond acceptors (Lipinski definition) is 1. The van der Waals surface area contributed by atoms with Gasteiger partial charge < -0.3 is 0 Å². The zero-order valence-electron chi connectivity index (χ0n) is 6.92. The van der Waals surface area contributed by atoms with Gasteiger partial charge in [0, 0.05) is 6.04 Å². The standard InChI is InChI=1S/C8H13FN2/c1-3-4-7(2)11-6-8(9)5-10-11/h5-7H,3-4H2,1-2H3. The van der Waals surface area contributed by atoms with Crippen LogP contribution in [0, 0.1) is 5.82 Å². The summed E-state index contributed by atoms with van der Waals surface area (Å²) in [6, 6.07) is 0.310. The fraction of sp³-hybridized carbons (Fsp3) is 0.625. The van der Waals surface area contributed by atoms with Crippen molar-refractivity contribution in [1.82, 2.24) is 9.78 Å². The van der Waals surface area contributed by atoms with Crippen LogP contribution in [0.15, 0.2) is 12.4 Å². The van der Waals surface area contributed by atoms with E-state index in [0.29, 0.717) is 6.04 Å². The molecule has 1 aromatic heterocycles. The fourth-order valence-electron chi connectivity index (χ4n) is 1.11. The molecule has 1 rings (SSSR count). The Kier molecular flexibility index (Phi) is 2.63. The summed E-state index contributed by atoms with van der Waals surface area (Å²) in [5, 5.41) is 3.88. The maximum Gasteiger partial charge on any atom is 0.161 e. The Morgan fingerprint density at radius 1 is 1.73 bits per heavy atom. The Hall–Kier alpha value is -0.860. The zero-order chi connectivity index (χ0) is 8.27. The van der Waals surface area contributed by atoms with E-state index in [0.717, 1.165) is 12.8 Å². The molecule has 0 aliphatic carbocycles. The van der Waals surface area contributed by atoms with E-state index in [4.69, 9.17) is 0 Å². The smallest absolute Gasteiger partial charge is 0.161 e. The first-order chi connectivity index (χ1) is 5.24. The highest BCUT2D eigenvalue weighted by Gasteiger charge is 2.04. The van der Waals surface area contributed by atoms with Gasteiger partial charge in [-0.1, -0.05) is 13.3 Å². The molecule has 1 unspecified atom stereocenters. The van der Waals surface area contributed by atoms with Crippen molar-refractivity contribution in [3.05, 3.63) is 18.2 Å². The SMILES string of the molecule is CCCC(C)n1cc(F)cn1. The molecule has 0 spiro atoms. The largest absolute Gasteiger partial charge is 0.267 e. The van der Waals surface area contributed by atoms with Crippen molar-refractivity contribution in [2.24, 2.45) is 0 Å². The minimum absolute atomic E-state index is 0.257. The predicted octanol–water partition coefficient (Wildman–Crippen LogP) is 2.38. The van der Waals surface area contributed by atoms with Crippen LogP contribution in [0.2, 0.25) is 0 Å². The Morgan fingerprint density at radius 3 is 2.91 bits per heavy atom. The Bertz CT molecular complexity index is 220. The van der Waals surface area contributed by atoms with Crippen LogP contribution in [0.25, 0.3) is 0 Å². The molecule has 0 radical (unpaired) electrons. The van der Waals surface area contributed by atoms with Crippen molar-refractivity contribution >= 4 is 0 Å². The van der Waals surface area contributed by atoms with Crippen molar-refractivity contribution in [3.63, 3.8) is 0 Å². The lowest BCUT2D eigenvalue weighted by molar-refractivity contribution is 0.452. The van der Waals surface area contributed by atoms with Gasteiger partial charge in [0.25, 0.3) is 0 Å². The van der Waals surface area contributed by atoms with Crippen molar-refractivity contribution in [1.29, 1.82) is 0 Å². The maximum absolute atomic E-state index is 12.4. The Labute approximate surface area is 66.0 Å². The highest BCUT2D eigenvalue weighted by atomic mass is 19.1. The molecule has 0 fully saturated rings. The molecule has 0 aliphatic rings. The molecule has 0 aliphatic heterocycles. The molecule has 0 saturated carbocycles. The third-order valence-electron chi connectivity index (χ3n) is 1.73. The third kappa shape index (κ3) is 2.03. The molecular formula is C8H13FN2. The van der Waals surface area contributed by atoms with Gasteiger partial charge in [-0.2, -0.15) is 5.10 Å². The molecule has 1 heterocycles. The quantitative estimate of drug-likeness (QED) is 0.657. The van der Waals surface area contributed by atoms with E-state index < -0.39 is 0 Å². The second-order valence-corrected chi connectivity index (χ2v) is 2.78. The first kappa shape index (κ1) is 8.24. The lowest BCUT2D eigenvalue weighted by Crippen LogP contribution is -2.04. The number of aromatic nitrogens is 2. The van der Waals surface area contributed by atoms with Crippen LogP contribution < -0.4 is 0 Å². The van der Waals surface area contributed by atoms with E-state index in [1.807, 2.05) is 6.92 Å². The van der Waals surface area contributed by atoms with E-state index in [9.17, 15) is 4.39 Å². The molecule has 1 aromatic rings. The first-order valence-corrected chi connectivity index (χ1v) is 3.93. The molecule has 0 amide bonds. The number of rotatable bonds is 3. The van der Waals surface area contributed by atoms with E-state index in [1.165, 1.54) is 12.4 Å². The summed E-state index contributed by atoms with van der Waals surface area (Å²) in [4.78, 5) is 0. The molecular weight excluding hydrogens is 143 g/mol. The zero-order valence-corrected chi connectivity index (χ0v) is 6.92. The van der Waals surface area contributed by atoms with Crippen LogP contribution >= 0.6 is 0 Å². The van der Waals surface area contributed by atoms with Gasteiger partial charge in [-0.25, -0.2) is 4.39 Å². The topological polar surface area (TPSA) is 17.8 Å². The van der Waals surface area contributed by atoms with E-state index in [-0.39, 0.29) is 5.82 Å². The van der Waals surface area contributed by atoms with Crippen molar-refractivity contribution < 1.29 is 4.39 Å². The molecule has 1 atom stereocenters. The fourth-order valence-corrected chi connectivity index (χ4v) is 1.11. The van der Waals surface area contributed by atoms with Gasteiger partial charge in [0.1, 0.15) is 0 Å². The molecule has 0 N–H and O–H groups in total. The summed E-state index contributed by atoms with van der Waals surface area (Å²) in [6.07, 6.45) is 4.82. The summed E-state index contributed by atoms with van der Waals surface area (Å²) < 4.78 is 14.1. The Morgan fingerprint density at radius 2 is 2.45 bits per heavy atom. The second-order valence-electron chi connectivity index (χ2n) is 2.78. The highest BCUT2D eigenvalue weighted by Crippen LogP contribution is 2.11. The van der Waals surface area contributed by atoms with Gasteiger partial charge in [-0.3, -0.25) is 4.68 Å². The average Bonchev–Trinajstić information content (AvgIpc) is 2.36. The molecule has 2 nitrogen and oxygen atoms in total. The Balaban J connectivity index is 2.60. The molecule has 0 aromatic carbocycles. The highest BCUT2D eigenvalue weighted by molar-refractivity contribution is 4.85. The van der Waals surface area contributed by atoms with Crippen LogP contribution in [0.3, 0.4) is 0 Å². The van der Waals surface area contributed by atoms with Crippen molar-refractivity contribution in [3.8, 4) is 0 Å². The van der Waals surface area contributed by atoms with Crippen LogP contribution in [0.1, 0.15) is 32.7 Å². The lowest BCUT2D eigenvalue weighted by atomic mass is 10.2. The van der Waals surface area contributed by atoms with Gasteiger partial charge in [-0.15, -0.1) is 0 Å². The summed E-state index contributed by atoms with van der Waals surface area (Å²) in [6.45, 7) is 4.15. The van der Waals surface area contributed by atoms with Crippen LogP contribution in [-0.4, -0.2) is 9.78 Å². The molecule has 0 saturated heterocycles. The predicted molar refractivity (Wildman–Crippen MR) is 41.8 cm³/mol. The second kappa shape index (κ2) is 3.51. The van der Waals surface area contributed by atoms with Gasteiger partial charge >= 0.3 is 0 Å². The molecule has 0 bridgehead atoms. The monoisotopic (exact) mass is 156 g/mol. The van der Waals surface area contributed by atoms with Gasteiger partial charge in [0.15, 0.2) is 5.82 Å². The van der Waals surface area contributed by atoms with Crippen LogP contribution in [-0.2, 0) is 0 Å². The lowest BCUT2D eigenvalue weighted by Gasteiger charge is -2.09. The van der Waals surface area contributed by atoms with Crippen LogP contribution in [0.5, 0.6) is 0 Å². The van der Waals surface area contributed by atoms with E-state index in [1.54, 1.807) is 4.68 Å². The van der Waals surface area contributed by atoms with Crippen LogP contribution in [0.4, 0.5) is 4.39 Å². The van der Waals surface area contributed by atoms with Crippen molar-refractivity contribution in [2.75, 3.05) is 0 Å². The van der Waals surface area contributed by atoms with Gasteiger partial charge in [-0.05, 0) is 13.3 Å². The summed E-state index contributed by atoms with van der Waals surface area (Å²) in [5.74, 6) is -0.257. The van der Waals surface area contributed by atoms with Crippen molar-refractivity contribution in [2.45, 2.75) is 32.7 Å².